The summed E-state index contributed by atoms with van der Waals surface area (Å²) in [7, 11) is 2.12. The van der Waals surface area contributed by atoms with Crippen LogP contribution in [-0.2, 0) is 0 Å². The van der Waals surface area contributed by atoms with Gasteiger partial charge in [-0.15, -0.1) is 0 Å². The minimum atomic E-state index is 0.265. The second-order valence-electron chi connectivity index (χ2n) is 4.84. The molecule has 0 unspecified atom stereocenters. The van der Waals surface area contributed by atoms with Gasteiger partial charge in [0.25, 0.3) is 0 Å². The van der Waals surface area contributed by atoms with Crippen molar-refractivity contribution in [1.29, 1.82) is 0 Å². The van der Waals surface area contributed by atoms with Crippen LogP contribution in [0.1, 0.15) is 26.2 Å². The van der Waals surface area contributed by atoms with Crippen LogP contribution in [-0.4, -0.2) is 49.2 Å². The van der Waals surface area contributed by atoms with E-state index in [1.807, 2.05) is 0 Å². The molecule has 0 aromatic rings. The number of rotatable bonds is 8. The molecule has 0 amide bonds. The van der Waals surface area contributed by atoms with E-state index in [1.54, 1.807) is 0 Å². The fraction of sp³-hybridized carbons (Fsp3) is 0.909. The molecule has 1 aliphatic carbocycles. The Morgan fingerprint density at radius 2 is 2.25 bits per heavy atom. The zero-order chi connectivity index (χ0) is 12.0. The van der Waals surface area contributed by atoms with Crippen LogP contribution in [0.2, 0.25) is 0 Å². The summed E-state index contributed by atoms with van der Waals surface area (Å²) in [5, 5.41) is 15.0. The van der Waals surface area contributed by atoms with Crippen LogP contribution in [0.25, 0.3) is 0 Å². The topological polar surface area (TPSA) is 73.9 Å². The molecular weight excluding hydrogens is 204 g/mol. The monoisotopic (exact) mass is 228 g/mol. The maximum atomic E-state index is 8.54. The fourth-order valence-electron chi connectivity index (χ4n) is 1.79. The molecular formula is C11H24N4O. The maximum absolute atomic E-state index is 8.54. The number of nitrogens with two attached hydrogens (primary N) is 1. The number of nitrogens with one attached hydrogen (secondary N) is 1. The van der Waals surface area contributed by atoms with Gasteiger partial charge in [0.1, 0.15) is 5.84 Å². The van der Waals surface area contributed by atoms with Crippen molar-refractivity contribution in [2.45, 2.75) is 26.2 Å². The highest BCUT2D eigenvalue weighted by atomic mass is 16.4. The van der Waals surface area contributed by atoms with E-state index in [-0.39, 0.29) is 5.41 Å². The molecule has 5 nitrogen and oxygen atoms in total. The van der Waals surface area contributed by atoms with Gasteiger partial charge in [0, 0.05) is 26.1 Å². The molecule has 0 radical (unpaired) electrons. The standard InChI is InChI=1S/C11H24N4O/c1-3-15(2)7-6-13-9-11(4-5-11)8-10(12)14-16/h13,16H,3-9H2,1-2H3,(H2,12,14). The molecule has 1 saturated carbocycles. The van der Waals surface area contributed by atoms with Gasteiger partial charge in [0.05, 0.1) is 0 Å². The average Bonchev–Trinajstić information content (AvgIpc) is 3.04. The first-order valence-corrected chi connectivity index (χ1v) is 5.97. The lowest BCUT2D eigenvalue weighted by Crippen LogP contribution is -2.34. The van der Waals surface area contributed by atoms with Crippen LogP contribution in [0.4, 0.5) is 0 Å². The lowest BCUT2D eigenvalue weighted by Gasteiger charge is -2.17. The normalized spacial score (nSPS) is 19.1. The first kappa shape index (κ1) is 13.3. The Balaban J connectivity index is 2.13. The second kappa shape index (κ2) is 6.06. The van der Waals surface area contributed by atoms with Gasteiger partial charge in [-0.3, -0.25) is 0 Å². The molecule has 0 bridgehead atoms. The van der Waals surface area contributed by atoms with Gasteiger partial charge >= 0.3 is 0 Å². The molecule has 0 aromatic heterocycles. The van der Waals surface area contributed by atoms with Crippen molar-refractivity contribution in [2.75, 3.05) is 33.2 Å². The first-order valence-electron chi connectivity index (χ1n) is 5.97. The third-order valence-electron chi connectivity index (χ3n) is 3.35. The summed E-state index contributed by atoms with van der Waals surface area (Å²) in [6.45, 7) is 6.27. The molecule has 0 aromatic carbocycles. The number of oxime groups is 1. The quantitative estimate of drug-likeness (QED) is 0.185. The van der Waals surface area contributed by atoms with Crippen molar-refractivity contribution in [1.82, 2.24) is 10.2 Å². The minimum Gasteiger partial charge on any atom is -0.409 e. The van der Waals surface area contributed by atoms with E-state index in [0.29, 0.717) is 12.3 Å². The summed E-state index contributed by atoms with van der Waals surface area (Å²) in [4.78, 5) is 2.27. The van der Waals surface area contributed by atoms with Crippen LogP contribution in [0.5, 0.6) is 0 Å². The molecule has 1 fully saturated rings. The van der Waals surface area contributed by atoms with Crippen LogP contribution >= 0.6 is 0 Å². The minimum absolute atomic E-state index is 0.265. The van der Waals surface area contributed by atoms with Gasteiger partial charge in [-0.25, -0.2) is 0 Å². The average molecular weight is 228 g/mol. The molecule has 0 saturated heterocycles. The van der Waals surface area contributed by atoms with Gasteiger partial charge in [-0.2, -0.15) is 0 Å². The Labute approximate surface area is 97.7 Å². The van der Waals surface area contributed by atoms with Crippen molar-refractivity contribution >= 4 is 5.84 Å². The molecule has 1 aliphatic rings. The number of hydrogen-bond acceptors (Lipinski definition) is 4. The van der Waals surface area contributed by atoms with E-state index in [9.17, 15) is 0 Å². The molecule has 1 rings (SSSR count). The van der Waals surface area contributed by atoms with Crippen molar-refractivity contribution in [3.63, 3.8) is 0 Å². The summed E-state index contributed by atoms with van der Waals surface area (Å²) in [6, 6.07) is 0. The van der Waals surface area contributed by atoms with Crippen LogP contribution in [0, 0.1) is 5.41 Å². The maximum Gasteiger partial charge on any atom is 0.139 e. The summed E-state index contributed by atoms with van der Waals surface area (Å²) in [5.41, 5.74) is 5.80. The van der Waals surface area contributed by atoms with Crippen LogP contribution in [0.3, 0.4) is 0 Å². The Bertz CT molecular complexity index is 238. The number of likely N-dealkylation sites (N-methyl/N-ethyl adjacent to an activating group) is 1. The van der Waals surface area contributed by atoms with Gasteiger partial charge in [-0.1, -0.05) is 12.1 Å². The molecule has 0 heterocycles. The van der Waals surface area contributed by atoms with Crippen LogP contribution < -0.4 is 11.1 Å². The number of amidine groups is 1. The van der Waals surface area contributed by atoms with E-state index >= 15 is 0 Å². The molecule has 0 aliphatic heterocycles. The fourth-order valence-corrected chi connectivity index (χ4v) is 1.79. The Hall–Kier alpha value is -0.810. The van der Waals surface area contributed by atoms with Crippen molar-refractivity contribution in [2.24, 2.45) is 16.3 Å². The zero-order valence-electron chi connectivity index (χ0n) is 10.4. The summed E-state index contributed by atoms with van der Waals surface area (Å²) >= 11 is 0. The predicted molar refractivity (Wildman–Crippen MR) is 65.7 cm³/mol. The molecule has 0 spiro atoms. The van der Waals surface area contributed by atoms with E-state index in [1.165, 1.54) is 12.8 Å². The summed E-state index contributed by atoms with van der Waals surface area (Å²) in [5.74, 6) is 0.352. The highest BCUT2D eigenvalue weighted by Crippen LogP contribution is 2.48. The molecule has 16 heavy (non-hydrogen) atoms. The van der Waals surface area contributed by atoms with Crippen molar-refractivity contribution in [3.8, 4) is 0 Å². The highest BCUT2D eigenvalue weighted by Gasteiger charge is 2.42. The smallest absolute Gasteiger partial charge is 0.139 e. The largest absolute Gasteiger partial charge is 0.409 e. The third-order valence-corrected chi connectivity index (χ3v) is 3.35. The summed E-state index contributed by atoms with van der Waals surface area (Å²) < 4.78 is 0. The Morgan fingerprint density at radius 3 is 2.75 bits per heavy atom. The van der Waals surface area contributed by atoms with Gasteiger partial charge in [0.15, 0.2) is 0 Å². The van der Waals surface area contributed by atoms with Crippen molar-refractivity contribution in [3.05, 3.63) is 0 Å². The second-order valence-corrected chi connectivity index (χ2v) is 4.84. The van der Waals surface area contributed by atoms with Crippen molar-refractivity contribution < 1.29 is 5.21 Å². The Kier molecular flexibility index (Phi) is 5.02. The zero-order valence-corrected chi connectivity index (χ0v) is 10.4. The Morgan fingerprint density at radius 1 is 1.56 bits per heavy atom. The first-order chi connectivity index (χ1) is 7.62. The number of hydrogen-bond donors (Lipinski definition) is 3. The van der Waals surface area contributed by atoms with Gasteiger partial charge < -0.3 is 21.2 Å². The lowest BCUT2D eigenvalue weighted by molar-refractivity contribution is 0.313. The van der Waals surface area contributed by atoms with Crippen LogP contribution in [0.15, 0.2) is 5.16 Å². The highest BCUT2D eigenvalue weighted by molar-refractivity contribution is 5.80. The van der Waals surface area contributed by atoms with E-state index in [2.05, 4.69) is 29.3 Å². The molecule has 4 N–H and O–H groups in total. The van der Waals surface area contributed by atoms with Gasteiger partial charge in [-0.05, 0) is 31.8 Å². The SMILES string of the molecule is CCN(C)CCNCC1(CC(N)=NO)CC1. The molecule has 5 heteroatoms. The lowest BCUT2D eigenvalue weighted by atomic mass is 10.0. The van der Waals surface area contributed by atoms with E-state index in [0.717, 1.165) is 26.2 Å². The van der Waals surface area contributed by atoms with E-state index < -0.39 is 0 Å². The van der Waals surface area contributed by atoms with E-state index in [4.69, 9.17) is 10.9 Å². The summed E-state index contributed by atoms with van der Waals surface area (Å²) in [6.07, 6.45) is 3.07. The van der Waals surface area contributed by atoms with Gasteiger partial charge in [0.2, 0.25) is 0 Å². The molecule has 94 valence electrons. The molecule has 0 atom stereocenters. The number of nitrogens with zero attached hydrogens (tertiary/aromatic N) is 2. The third kappa shape index (κ3) is 4.37. The predicted octanol–water partition coefficient (Wildman–Crippen LogP) is 0.444.